The van der Waals surface area contributed by atoms with Crippen LogP contribution in [0.4, 0.5) is 15.8 Å². The van der Waals surface area contributed by atoms with E-state index < -0.39 is 6.02 Å². The van der Waals surface area contributed by atoms with Crippen LogP contribution >= 0.6 is 11.6 Å². The fourth-order valence-corrected chi connectivity index (χ4v) is 5.30. The van der Waals surface area contributed by atoms with Gasteiger partial charge in [0.25, 0.3) is 0 Å². The van der Waals surface area contributed by atoms with Crippen LogP contribution in [0.2, 0.25) is 5.02 Å². The number of benzene rings is 2. The highest BCUT2D eigenvalue weighted by Gasteiger charge is 2.32. The molecule has 3 aromatic rings. The monoisotopic (exact) mass is 533 g/mol. The quantitative estimate of drug-likeness (QED) is 0.238. The molecule has 0 spiro atoms. The lowest BCUT2D eigenvalue weighted by Gasteiger charge is -2.25. The number of rotatable bonds is 8. The van der Waals surface area contributed by atoms with Gasteiger partial charge < -0.3 is 16.2 Å². The highest BCUT2D eigenvalue weighted by Crippen LogP contribution is 2.36. The number of nitriles is 1. The average Bonchev–Trinajstić information content (AvgIpc) is 3.68. The van der Waals surface area contributed by atoms with Gasteiger partial charge in [-0.25, -0.2) is 9.82 Å². The van der Waals surface area contributed by atoms with Gasteiger partial charge in [0, 0.05) is 35.6 Å². The van der Waals surface area contributed by atoms with Gasteiger partial charge in [0.1, 0.15) is 11.9 Å². The molecule has 6 rings (SSSR count). The van der Waals surface area contributed by atoms with Gasteiger partial charge in [-0.05, 0) is 55.5 Å². The van der Waals surface area contributed by atoms with Gasteiger partial charge in [0.2, 0.25) is 0 Å². The van der Waals surface area contributed by atoms with Crippen molar-refractivity contribution in [3.63, 3.8) is 0 Å². The molecule has 1 atom stereocenters. The molecular formula is C28H30ClFN8. The van der Waals surface area contributed by atoms with Gasteiger partial charge in [-0.3, -0.25) is 9.99 Å². The standard InChI is InChI=1S/C28H30ClFN8/c29-24-13-21(12-23-26(18(14-31)15-32-28(23)24)36-34-20-4-2-1-3-5-20)33-27(17-6-8-19(30)9-7-17)25-16-38(37-35-25)22-10-11-22/h6-9,12-13,15-16,20,22,27,33-35,37H,1-5,10-11H2,(H,32,36)/t27-/m0/s1/i27D. The fourth-order valence-electron chi connectivity index (χ4n) is 5.03. The highest BCUT2D eigenvalue weighted by atomic mass is 35.5. The summed E-state index contributed by atoms with van der Waals surface area (Å²) in [6.07, 6.45) is 11.3. The Labute approximate surface area is 227 Å². The van der Waals surface area contributed by atoms with E-state index in [4.69, 9.17) is 11.6 Å². The third-order valence-corrected chi connectivity index (χ3v) is 7.54. The van der Waals surface area contributed by atoms with Crippen molar-refractivity contribution < 1.29 is 5.76 Å². The number of hydrazine groups is 3. The van der Waals surface area contributed by atoms with Gasteiger partial charge in [-0.15, -0.1) is 5.53 Å². The second-order valence-corrected chi connectivity index (χ2v) is 10.4. The minimum absolute atomic E-state index is 0.312. The smallest absolute Gasteiger partial charge is 0.123 e. The van der Waals surface area contributed by atoms with Crippen molar-refractivity contribution in [3.8, 4) is 6.07 Å². The fraction of sp³-hybridized carbons (Fsp3) is 0.357. The van der Waals surface area contributed by atoms with Crippen molar-refractivity contribution in [2.45, 2.75) is 63.0 Å². The molecule has 5 N–H and O–H groups in total. The molecular weight excluding hydrogens is 503 g/mol. The first-order valence-corrected chi connectivity index (χ1v) is 13.4. The molecule has 0 amide bonds. The third kappa shape index (κ3) is 5.20. The van der Waals surface area contributed by atoms with Crippen LogP contribution in [0.1, 0.15) is 63.5 Å². The number of pyridine rings is 1. The maximum atomic E-state index is 13.8. The van der Waals surface area contributed by atoms with E-state index in [9.17, 15) is 11.0 Å². The zero-order chi connectivity index (χ0) is 27.0. The van der Waals surface area contributed by atoms with Crippen molar-refractivity contribution in [1.82, 2.24) is 26.4 Å². The summed E-state index contributed by atoms with van der Waals surface area (Å²) in [6.45, 7) is 0. The maximum Gasteiger partial charge on any atom is 0.123 e. The number of nitrogens with zero attached hydrogens (tertiary/aromatic N) is 3. The van der Waals surface area contributed by atoms with Crippen LogP contribution in [-0.4, -0.2) is 22.1 Å². The number of aromatic nitrogens is 1. The van der Waals surface area contributed by atoms with E-state index in [1.165, 1.54) is 37.6 Å². The van der Waals surface area contributed by atoms with E-state index in [0.717, 1.165) is 25.7 Å². The van der Waals surface area contributed by atoms with E-state index >= 15 is 0 Å². The third-order valence-electron chi connectivity index (χ3n) is 7.25. The normalized spacial score (nSPS) is 19.8. The van der Waals surface area contributed by atoms with Crippen molar-refractivity contribution in [1.29, 1.82) is 5.26 Å². The lowest BCUT2D eigenvalue weighted by Crippen LogP contribution is -2.38. The van der Waals surface area contributed by atoms with Crippen molar-refractivity contribution in [3.05, 3.63) is 76.5 Å². The summed E-state index contributed by atoms with van der Waals surface area (Å²) in [6, 6.07) is 10.8. The lowest BCUT2D eigenvalue weighted by molar-refractivity contribution is 0.260. The summed E-state index contributed by atoms with van der Waals surface area (Å²) >= 11 is 6.71. The van der Waals surface area contributed by atoms with Gasteiger partial charge in [0.15, 0.2) is 0 Å². The molecule has 2 saturated carbocycles. The molecule has 0 unspecified atom stereocenters. The Morgan fingerprint density at radius 2 is 1.95 bits per heavy atom. The summed E-state index contributed by atoms with van der Waals surface area (Å²) in [5.74, 6) is -0.378. The molecule has 0 saturated heterocycles. The zero-order valence-corrected chi connectivity index (χ0v) is 21.6. The first kappa shape index (κ1) is 23.5. The Morgan fingerprint density at radius 1 is 1.16 bits per heavy atom. The zero-order valence-electron chi connectivity index (χ0n) is 21.8. The number of fused-ring (bicyclic) bond motifs is 1. The molecule has 8 nitrogen and oxygen atoms in total. The summed E-state index contributed by atoms with van der Waals surface area (Å²) in [7, 11) is 0. The van der Waals surface area contributed by atoms with E-state index in [0.29, 0.717) is 56.2 Å². The second kappa shape index (κ2) is 10.7. The summed E-state index contributed by atoms with van der Waals surface area (Å²) in [4.78, 5) is 4.45. The molecule has 0 bridgehead atoms. The molecule has 2 aromatic carbocycles. The number of halogens is 2. The van der Waals surface area contributed by atoms with E-state index in [-0.39, 0.29) is 5.82 Å². The van der Waals surface area contributed by atoms with Gasteiger partial charge in [-0.2, -0.15) is 5.26 Å². The molecule has 1 aromatic heterocycles. The first-order valence-electron chi connectivity index (χ1n) is 13.5. The van der Waals surface area contributed by atoms with E-state index in [2.05, 4.69) is 38.2 Å². The van der Waals surface area contributed by atoms with Gasteiger partial charge in [0.05, 0.1) is 34.9 Å². The Hall–Kier alpha value is -3.58. The lowest BCUT2D eigenvalue weighted by atomic mass is 9.96. The summed E-state index contributed by atoms with van der Waals surface area (Å²) in [5, 5.41) is 16.1. The molecule has 10 heteroatoms. The predicted molar refractivity (Wildman–Crippen MR) is 147 cm³/mol. The van der Waals surface area contributed by atoms with Crippen LogP contribution in [0.25, 0.3) is 10.9 Å². The number of nitrogens with one attached hydrogen (secondary N) is 5. The van der Waals surface area contributed by atoms with Crippen LogP contribution in [-0.2, 0) is 0 Å². The first-order chi connectivity index (χ1) is 18.9. The van der Waals surface area contributed by atoms with Crippen LogP contribution in [0, 0.1) is 17.1 Å². The summed E-state index contributed by atoms with van der Waals surface area (Å²) < 4.78 is 23.4. The van der Waals surface area contributed by atoms with Crippen molar-refractivity contribution >= 4 is 33.9 Å². The van der Waals surface area contributed by atoms with Crippen LogP contribution in [0.3, 0.4) is 0 Å². The molecule has 1 aliphatic heterocycles. The minimum atomic E-state index is -1.50. The summed E-state index contributed by atoms with van der Waals surface area (Å²) in [5.41, 5.74) is 16.1. The van der Waals surface area contributed by atoms with Crippen molar-refractivity contribution in [2.75, 3.05) is 10.7 Å². The number of hydrogen-bond donors (Lipinski definition) is 5. The van der Waals surface area contributed by atoms with Crippen LogP contribution in [0.15, 0.2) is 54.5 Å². The van der Waals surface area contributed by atoms with E-state index in [1.54, 1.807) is 18.2 Å². The molecule has 2 aliphatic carbocycles. The largest absolute Gasteiger partial charge is 0.373 e. The second-order valence-electron chi connectivity index (χ2n) is 10.0. The van der Waals surface area contributed by atoms with Gasteiger partial charge in [-0.1, -0.05) is 43.0 Å². The predicted octanol–water partition coefficient (Wildman–Crippen LogP) is 5.63. The Bertz CT molecular complexity index is 1450. The molecule has 2 heterocycles. The van der Waals surface area contributed by atoms with Crippen molar-refractivity contribution in [2.24, 2.45) is 0 Å². The average molecular weight is 534 g/mol. The SMILES string of the molecule is [2H][C@@](Nc1cc(Cl)c2ncc(C#N)c(NNC3CCCCC3)c2c1)(C1=CN(C2CC2)NN1)c1ccc(F)cc1. The minimum Gasteiger partial charge on any atom is -0.373 e. The molecule has 3 aliphatic rings. The molecule has 38 heavy (non-hydrogen) atoms. The van der Waals surface area contributed by atoms with Crippen LogP contribution in [0.5, 0.6) is 0 Å². The van der Waals surface area contributed by atoms with Crippen LogP contribution < -0.4 is 27.1 Å². The maximum absolute atomic E-state index is 13.8. The Kier molecular flexibility index (Phi) is 6.60. The molecule has 2 fully saturated rings. The highest BCUT2D eigenvalue weighted by molar-refractivity contribution is 6.35. The van der Waals surface area contributed by atoms with Gasteiger partial charge >= 0.3 is 0 Å². The number of anilines is 2. The molecule has 0 radical (unpaired) electrons. The van der Waals surface area contributed by atoms with E-state index in [1.807, 2.05) is 17.3 Å². The Morgan fingerprint density at radius 3 is 2.68 bits per heavy atom. The topological polar surface area (TPSA) is 100 Å². The molecule has 196 valence electrons. The Balaban J connectivity index is 1.39. The number of hydrogen-bond acceptors (Lipinski definition) is 8.